The van der Waals surface area contributed by atoms with E-state index in [0.717, 1.165) is 24.2 Å². The van der Waals surface area contributed by atoms with Crippen molar-refractivity contribution in [2.24, 2.45) is 0 Å². The van der Waals surface area contributed by atoms with E-state index in [9.17, 15) is 8.42 Å². The van der Waals surface area contributed by atoms with Crippen LogP contribution in [0.3, 0.4) is 0 Å². The third-order valence-electron chi connectivity index (χ3n) is 4.61. The van der Waals surface area contributed by atoms with E-state index in [-0.39, 0.29) is 4.90 Å². The van der Waals surface area contributed by atoms with Gasteiger partial charge in [-0.25, -0.2) is 13.4 Å². The number of benzene rings is 2. The summed E-state index contributed by atoms with van der Waals surface area (Å²) in [5, 5.41) is 0.545. The first-order chi connectivity index (χ1) is 12.8. The van der Waals surface area contributed by atoms with Crippen molar-refractivity contribution < 1.29 is 12.8 Å². The van der Waals surface area contributed by atoms with E-state index in [1.807, 2.05) is 6.07 Å². The molecule has 0 atom stereocenters. The minimum atomic E-state index is -3.74. The fraction of sp³-hybridized carbons (Fsp3) is 0.250. The Kier molecular flexibility index (Phi) is 4.48. The highest BCUT2D eigenvalue weighted by Crippen LogP contribution is 2.41. The summed E-state index contributed by atoms with van der Waals surface area (Å²) in [5.74, 6) is 1.86. The van der Waals surface area contributed by atoms with Gasteiger partial charge in [0.25, 0.3) is 10.0 Å². The second-order valence-corrected chi connectivity index (χ2v) is 8.95. The lowest BCUT2D eigenvalue weighted by Crippen LogP contribution is -2.14. The zero-order valence-electron chi connectivity index (χ0n) is 15.0. The predicted molar refractivity (Wildman–Crippen MR) is 106 cm³/mol. The summed E-state index contributed by atoms with van der Waals surface area (Å²) < 4.78 is 34.1. The lowest BCUT2D eigenvalue weighted by atomic mass is 10.2. The van der Waals surface area contributed by atoms with Crippen LogP contribution < -0.4 is 4.72 Å². The van der Waals surface area contributed by atoms with E-state index >= 15 is 0 Å². The number of aryl methyl sites for hydroxylation is 2. The number of hydrogen-bond acceptors (Lipinski definition) is 4. The maximum Gasteiger partial charge on any atom is 0.262 e. The number of halogens is 1. The highest BCUT2D eigenvalue weighted by atomic mass is 35.5. The van der Waals surface area contributed by atoms with E-state index in [4.69, 9.17) is 16.0 Å². The number of aromatic nitrogens is 1. The second kappa shape index (κ2) is 6.69. The molecule has 1 aromatic heterocycles. The number of nitrogens with zero attached hydrogens (tertiary/aromatic N) is 1. The van der Waals surface area contributed by atoms with Crippen LogP contribution in [0.1, 0.15) is 35.6 Å². The lowest BCUT2D eigenvalue weighted by molar-refractivity contribution is 0.520. The van der Waals surface area contributed by atoms with Crippen LogP contribution in [0, 0.1) is 13.8 Å². The summed E-state index contributed by atoms with van der Waals surface area (Å²) in [6, 6.07) is 10.3. The first-order valence-electron chi connectivity index (χ1n) is 8.69. The molecule has 1 aliphatic rings. The molecular formula is C20H19ClN2O3S. The van der Waals surface area contributed by atoms with Gasteiger partial charge >= 0.3 is 0 Å². The molecule has 0 bridgehead atoms. The van der Waals surface area contributed by atoms with Gasteiger partial charge in [-0.2, -0.15) is 0 Å². The molecule has 140 valence electrons. The summed E-state index contributed by atoms with van der Waals surface area (Å²) in [7, 11) is -3.74. The summed E-state index contributed by atoms with van der Waals surface area (Å²) in [6.45, 7) is 3.50. The van der Waals surface area contributed by atoms with Crippen LogP contribution in [0.15, 0.2) is 51.9 Å². The van der Waals surface area contributed by atoms with Crippen molar-refractivity contribution in [3.8, 4) is 11.5 Å². The largest absolute Gasteiger partial charge is 0.441 e. The van der Waals surface area contributed by atoms with Gasteiger partial charge < -0.3 is 4.42 Å². The Labute approximate surface area is 163 Å². The van der Waals surface area contributed by atoms with Crippen LogP contribution in [0.2, 0.25) is 5.02 Å². The Balaban J connectivity index is 1.63. The second-order valence-electron chi connectivity index (χ2n) is 6.90. The monoisotopic (exact) mass is 402 g/mol. The van der Waals surface area contributed by atoms with Gasteiger partial charge in [0.1, 0.15) is 5.76 Å². The van der Waals surface area contributed by atoms with E-state index in [2.05, 4.69) is 9.71 Å². The van der Waals surface area contributed by atoms with Crippen LogP contribution in [0.5, 0.6) is 0 Å². The number of hydrogen-bond donors (Lipinski definition) is 1. The van der Waals surface area contributed by atoms with Crippen molar-refractivity contribution in [1.82, 2.24) is 4.98 Å². The van der Waals surface area contributed by atoms with Crippen molar-refractivity contribution in [3.05, 3.63) is 64.5 Å². The molecule has 3 aromatic rings. The van der Waals surface area contributed by atoms with Gasteiger partial charge in [-0.15, -0.1) is 0 Å². The Hall–Kier alpha value is -2.31. The van der Waals surface area contributed by atoms with Gasteiger partial charge in [0, 0.05) is 22.2 Å². The highest BCUT2D eigenvalue weighted by molar-refractivity contribution is 7.92. The zero-order chi connectivity index (χ0) is 19.2. The van der Waals surface area contributed by atoms with Gasteiger partial charge in [-0.1, -0.05) is 17.7 Å². The molecule has 1 fully saturated rings. The number of rotatable bonds is 5. The quantitative estimate of drug-likeness (QED) is 0.629. The maximum atomic E-state index is 12.8. The molecule has 0 radical (unpaired) electrons. The number of anilines is 1. The number of sulfonamides is 1. The van der Waals surface area contributed by atoms with Gasteiger partial charge in [-0.3, -0.25) is 4.72 Å². The minimum Gasteiger partial charge on any atom is -0.441 e. The van der Waals surface area contributed by atoms with E-state index in [1.165, 1.54) is 0 Å². The molecule has 7 heteroatoms. The van der Waals surface area contributed by atoms with Crippen molar-refractivity contribution in [2.75, 3.05) is 4.72 Å². The maximum absolute atomic E-state index is 12.8. The van der Waals surface area contributed by atoms with E-state index in [0.29, 0.717) is 33.6 Å². The molecule has 27 heavy (non-hydrogen) atoms. The summed E-state index contributed by atoms with van der Waals surface area (Å²) >= 11 is 6.08. The van der Waals surface area contributed by atoms with E-state index in [1.54, 1.807) is 50.4 Å². The molecule has 5 nitrogen and oxygen atoms in total. The molecule has 1 heterocycles. The molecule has 0 unspecified atom stereocenters. The van der Waals surface area contributed by atoms with Gasteiger partial charge in [0.15, 0.2) is 0 Å². The molecule has 4 rings (SSSR count). The Morgan fingerprint density at radius 3 is 2.67 bits per heavy atom. The minimum absolute atomic E-state index is 0.210. The molecular weight excluding hydrogens is 384 g/mol. The van der Waals surface area contributed by atoms with Crippen LogP contribution in [-0.2, 0) is 10.0 Å². The molecule has 1 aliphatic carbocycles. The lowest BCUT2D eigenvalue weighted by Gasteiger charge is -2.12. The van der Waals surface area contributed by atoms with E-state index < -0.39 is 10.0 Å². The molecule has 2 aromatic carbocycles. The Morgan fingerprint density at radius 1 is 1.15 bits per heavy atom. The van der Waals surface area contributed by atoms with Crippen LogP contribution in [0.25, 0.3) is 11.5 Å². The van der Waals surface area contributed by atoms with Gasteiger partial charge in [0.2, 0.25) is 5.89 Å². The Bertz CT molecular complexity index is 1120. The summed E-state index contributed by atoms with van der Waals surface area (Å²) in [5.41, 5.74) is 2.48. The third kappa shape index (κ3) is 3.73. The third-order valence-corrected chi connectivity index (χ3v) is 6.54. The van der Waals surface area contributed by atoms with Crippen molar-refractivity contribution >= 4 is 27.3 Å². The first-order valence-corrected chi connectivity index (χ1v) is 10.6. The first kappa shape index (κ1) is 18.1. The predicted octanol–water partition coefficient (Wildman–Crippen LogP) is 5.29. The van der Waals surface area contributed by atoms with Crippen LogP contribution in [0.4, 0.5) is 5.69 Å². The molecule has 1 saturated carbocycles. The Morgan fingerprint density at radius 2 is 1.93 bits per heavy atom. The fourth-order valence-electron chi connectivity index (χ4n) is 2.95. The standard InChI is InChI=1S/C20H19ClN2O3S/c1-12-9-19(13(2)8-17(12)21)27(24,25)23-16-5-3-4-15(10-16)20-22-11-18(26-20)14-6-7-14/h3-5,8-11,14,23H,6-7H2,1-2H3. The van der Waals surface area contributed by atoms with Crippen LogP contribution in [-0.4, -0.2) is 13.4 Å². The molecule has 0 amide bonds. The molecule has 1 N–H and O–H groups in total. The highest BCUT2D eigenvalue weighted by Gasteiger charge is 2.27. The normalized spacial score (nSPS) is 14.3. The average molecular weight is 403 g/mol. The molecule has 0 saturated heterocycles. The van der Waals surface area contributed by atoms with Crippen LogP contribution >= 0.6 is 11.6 Å². The SMILES string of the molecule is Cc1cc(S(=O)(=O)Nc2cccc(-c3ncc(C4CC4)o3)c2)c(C)cc1Cl. The van der Waals surface area contributed by atoms with Crippen molar-refractivity contribution in [2.45, 2.75) is 37.5 Å². The topological polar surface area (TPSA) is 72.2 Å². The van der Waals surface area contributed by atoms with Crippen molar-refractivity contribution in [3.63, 3.8) is 0 Å². The number of oxazole rings is 1. The van der Waals surface area contributed by atoms with Gasteiger partial charge in [0.05, 0.1) is 11.1 Å². The summed E-state index contributed by atoms with van der Waals surface area (Å²) in [4.78, 5) is 4.53. The summed E-state index contributed by atoms with van der Waals surface area (Å²) in [6.07, 6.45) is 4.02. The zero-order valence-corrected chi connectivity index (χ0v) is 16.6. The average Bonchev–Trinajstić information content (AvgIpc) is 3.35. The molecule has 0 spiro atoms. The fourth-order valence-corrected chi connectivity index (χ4v) is 4.53. The van der Waals surface area contributed by atoms with Gasteiger partial charge in [-0.05, 0) is 68.1 Å². The molecule has 0 aliphatic heterocycles. The van der Waals surface area contributed by atoms with Crippen molar-refractivity contribution in [1.29, 1.82) is 0 Å². The number of nitrogens with one attached hydrogen (secondary N) is 1. The smallest absolute Gasteiger partial charge is 0.262 e.